The number of nitrogens with one attached hydrogen (secondary N) is 1. The fourth-order valence-electron chi connectivity index (χ4n) is 0.837. The van der Waals surface area contributed by atoms with Crippen molar-refractivity contribution in [1.29, 1.82) is 0 Å². The molecular formula is C10H22N2OS. The Hall–Kier alpha value is -0.220. The van der Waals surface area contributed by atoms with Crippen LogP contribution in [0.4, 0.5) is 0 Å². The molecule has 84 valence electrons. The maximum Gasteiger partial charge on any atom is 0.230 e. The quantitative estimate of drug-likeness (QED) is 0.676. The molecule has 0 heterocycles. The zero-order valence-electron chi connectivity index (χ0n) is 9.38. The molecule has 4 heteroatoms. The van der Waals surface area contributed by atoms with Crippen LogP contribution in [0.25, 0.3) is 0 Å². The molecule has 0 bridgehead atoms. The molecule has 0 aromatic carbocycles. The van der Waals surface area contributed by atoms with Crippen molar-refractivity contribution in [3.63, 3.8) is 0 Å². The Morgan fingerprint density at radius 3 is 2.57 bits per heavy atom. The second-order valence-corrected chi connectivity index (χ2v) is 5.32. The number of hydrogen-bond donors (Lipinski definition) is 2. The molecule has 0 radical (unpaired) electrons. The van der Waals surface area contributed by atoms with E-state index < -0.39 is 0 Å². The van der Waals surface area contributed by atoms with Gasteiger partial charge in [0.15, 0.2) is 0 Å². The van der Waals surface area contributed by atoms with Crippen molar-refractivity contribution in [3.8, 4) is 0 Å². The van der Waals surface area contributed by atoms with Crippen molar-refractivity contribution in [3.05, 3.63) is 0 Å². The molecule has 0 saturated heterocycles. The summed E-state index contributed by atoms with van der Waals surface area (Å²) < 4.78 is 0. The van der Waals surface area contributed by atoms with Gasteiger partial charge in [0.2, 0.25) is 5.91 Å². The lowest BCUT2D eigenvalue weighted by molar-refractivity contribution is -0.118. The van der Waals surface area contributed by atoms with Gasteiger partial charge in [0, 0.05) is 18.3 Å². The van der Waals surface area contributed by atoms with Gasteiger partial charge in [-0.1, -0.05) is 20.8 Å². The second-order valence-electron chi connectivity index (χ2n) is 3.89. The molecular weight excluding hydrogens is 196 g/mol. The molecule has 1 amide bonds. The van der Waals surface area contributed by atoms with Gasteiger partial charge in [-0.15, -0.1) is 11.8 Å². The minimum absolute atomic E-state index is 0.121. The summed E-state index contributed by atoms with van der Waals surface area (Å²) in [6.07, 6.45) is 1.04. The molecule has 0 aromatic rings. The summed E-state index contributed by atoms with van der Waals surface area (Å²) in [4.78, 5) is 11.3. The lowest BCUT2D eigenvalue weighted by Crippen LogP contribution is -2.28. The Morgan fingerprint density at radius 1 is 1.43 bits per heavy atom. The molecule has 0 fully saturated rings. The van der Waals surface area contributed by atoms with E-state index in [0.29, 0.717) is 23.5 Å². The van der Waals surface area contributed by atoms with E-state index in [0.717, 1.165) is 13.0 Å². The van der Waals surface area contributed by atoms with Crippen LogP contribution in [0.2, 0.25) is 0 Å². The van der Waals surface area contributed by atoms with Gasteiger partial charge in [0.05, 0.1) is 5.75 Å². The van der Waals surface area contributed by atoms with Crippen LogP contribution in [-0.4, -0.2) is 30.0 Å². The highest BCUT2D eigenvalue weighted by molar-refractivity contribution is 8.00. The van der Waals surface area contributed by atoms with E-state index in [9.17, 15) is 4.79 Å². The number of carbonyl (C=O) groups is 1. The minimum atomic E-state index is 0.121. The van der Waals surface area contributed by atoms with Gasteiger partial charge in [-0.25, -0.2) is 0 Å². The summed E-state index contributed by atoms with van der Waals surface area (Å²) in [7, 11) is 0. The van der Waals surface area contributed by atoms with Crippen LogP contribution in [0.1, 0.15) is 27.2 Å². The SMILES string of the molecule is CC(C)CCNC(=O)CSC(C)CN. The summed E-state index contributed by atoms with van der Waals surface area (Å²) in [6.45, 7) is 7.75. The number of hydrogen-bond acceptors (Lipinski definition) is 3. The predicted octanol–water partition coefficient (Wildman–Crippen LogP) is 1.23. The Bertz CT molecular complexity index is 162. The Labute approximate surface area is 91.2 Å². The largest absolute Gasteiger partial charge is 0.355 e. The monoisotopic (exact) mass is 218 g/mol. The lowest BCUT2D eigenvalue weighted by atomic mass is 10.1. The summed E-state index contributed by atoms with van der Waals surface area (Å²) >= 11 is 1.61. The van der Waals surface area contributed by atoms with Gasteiger partial charge in [0.25, 0.3) is 0 Å². The van der Waals surface area contributed by atoms with Crippen LogP contribution in [0.3, 0.4) is 0 Å². The maximum absolute atomic E-state index is 11.3. The Balaban J connectivity index is 3.37. The molecule has 14 heavy (non-hydrogen) atoms. The molecule has 0 aliphatic carbocycles. The second kappa shape index (κ2) is 8.12. The molecule has 0 spiro atoms. The standard InChI is InChI=1S/C10H22N2OS/c1-8(2)4-5-12-10(13)7-14-9(3)6-11/h8-9H,4-7,11H2,1-3H3,(H,12,13). The van der Waals surface area contributed by atoms with Crippen molar-refractivity contribution >= 4 is 17.7 Å². The molecule has 0 saturated carbocycles. The third kappa shape index (κ3) is 8.38. The van der Waals surface area contributed by atoms with Gasteiger partial charge < -0.3 is 11.1 Å². The summed E-state index contributed by atoms with van der Waals surface area (Å²) in [5.41, 5.74) is 5.45. The van der Waals surface area contributed by atoms with Crippen molar-refractivity contribution in [2.24, 2.45) is 11.7 Å². The van der Waals surface area contributed by atoms with Crippen LogP contribution in [-0.2, 0) is 4.79 Å². The first-order chi connectivity index (χ1) is 6.56. The third-order valence-corrected chi connectivity index (χ3v) is 3.07. The van der Waals surface area contributed by atoms with E-state index in [4.69, 9.17) is 5.73 Å². The molecule has 3 nitrogen and oxygen atoms in total. The van der Waals surface area contributed by atoms with E-state index in [2.05, 4.69) is 19.2 Å². The topological polar surface area (TPSA) is 55.1 Å². The molecule has 0 aliphatic heterocycles. The number of carbonyl (C=O) groups excluding carboxylic acids is 1. The molecule has 0 rings (SSSR count). The number of amides is 1. The highest BCUT2D eigenvalue weighted by Crippen LogP contribution is 2.07. The smallest absolute Gasteiger partial charge is 0.230 e. The summed E-state index contributed by atoms with van der Waals surface area (Å²) in [5.74, 6) is 1.29. The van der Waals surface area contributed by atoms with Crippen molar-refractivity contribution < 1.29 is 4.79 Å². The van der Waals surface area contributed by atoms with Crippen LogP contribution in [0.5, 0.6) is 0 Å². The zero-order chi connectivity index (χ0) is 11.0. The Kier molecular flexibility index (Phi) is 7.99. The van der Waals surface area contributed by atoms with Crippen LogP contribution in [0, 0.1) is 5.92 Å². The van der Waals surface area contributed by atoms with Crippen molar-refractivity contribution in [2.75, 3.05) is 18.8 Å². The van der Waals surface area contributed by atoms with E-state index in [1.54, 1.807) is 11.8 Å². The number of nitrogens with two attached hydrogens (primary N) is 1. The average Bonchev–Trinajstić information content (AvgIpc) is 2.13. The first-order valence-corrected chi connectivity index (χ1v) is 6.19. The highest BCUT2D eigenvalue weighted by atomic mass is 32.2. The fourth-order valence-corrected chi connectivity index (χ4v) is 1.51. The zero-order valence-corrected chi connectivity index (χ0v) is 10.2. The van der Waals surface area contributed by atoms with Crippen LogP contribution >= 0.6 is 11.8 Å². The van der Waals surface area contributed by atoms with E-state index in [-0.39, 0.29) is 5.91 Å². The maximum atomic E-state index is 11.3. The van der Waals surface area contributed by atoms with Crippen molar-refractivity contribution in [1.82, 2.24) is 5.32 Å². The van der Waals surface area contributed by atoms with E-state index in [1.807, 2.05) is 6.92 Å². The van der Waals surface area contributed by atoms with Gasteiger partial charge in [-0.05, 0) is 12.3 Å². The molecule has 0 aliphatic rings. The van der Waals surface area contributed by atoms with Gasteiger partial charge in [0.1, 0.15) is 0 Å². The first-order valence-electron chi connectivity index (χ1n) is 5.14. The number of rotatable bonds is 7. The molecule has 3 N–H and O–H groups in total. The Morgan fingerprint density at radius 2 is 2.07 bits per heavy atom. The molecule has 0 aromatic heterocycles. The van der Waals surface area contributed by atoms with Gasteiger partial charge in [-0.2, -0.15) is 0 Å². The van der Waals surface area contributed by atoms with Crippen LogP contribution < -0.4 is 11.1 Å². The number of thioether (sulfide) groups is 1. The molecule has 1 unspecified atom stereocenters. The molecule has 1 atom stereocenters. The van der Waals surface area contributed by atoms with Gasteiger partial charge in [-0.3, -0.25) is 4.79 Å². The van der Waals surface area contributed by atoms with E-state index in [1.165, 1.54) is 0 Å². The fraction of sp³-hybridized carbons (Fsp3) is 0.900. The van der Waals surface area contributed by atoms with Crippen molar-refractivity contribution in [2.45, 2.75) is 32.4 Å². The summed E-state index contributed by atoms with van der Waals surface area (Å²) in [6, 6.07) is 0. The third-order valence-electron chi connectivity index (χ3n) is 1.87. The van der Waals surface area contributed by atoms with Crippen LogP contribution in [0.15, 0.2) is 0 Å². The normalized spacial score (nSPS) is 12.9. The van der Waals surface area contributed by atoms with Gasteiger partial charge >= 0.3 is 0 Å². The first kappa shape index (κ1) is 13.8. The highest BCUT2D eigenvalue weighted by Gasteiger charge is 2.05. The van der Waals surface area contributed by atoms with E-state index >= 15 is 0 Å². The average molecular weight is 218 g/mol. The lowest BCUT2D eigenvalue weighted by Gasteiger charge is -2.09. The minimum Gasteiger partial charge on any atom is -0.355 e. The predicted molar refractivity (Wildman–Crippen MR) is 63.4 cm³/mol. The summed E-state index contributed by atoms with van der Waals surface area (Å²) in [5, 5.41) is 3.26.